The summed E-state index contributed by atoms with van der Waals surface area (Å²) in [5.74, 6) is 0.901. The highest BCUT2D eigenvalue weighted by Gasteiger charge is 2.43. The molecule has 0 unspecified atom stereocenters. The van der Waals surface area contributed by atoms with Gasteiger partial charge in [0.1, 0.15) is 5.75 Å². The van der Waals surface area contributed by atoms with Crippen molar-refractivity contribution in [3.63, 3.8) is 0 Å². The van der Waals surface area contributed by atoms with Crippen LogP contribution in [0.15, 0.2) is 54.6 Å². The number of rotatable bonds is 5. The minimum Gasteiger partial charge on any atom is -0.497 e. The van der Waals surface area contributed by atoms with Gasteiger partial charge < -0.3 is 14.8 Å². The number of carbonyl (C=O) groups excluding carboxylic acids is 1. The zero-order valence-corrected chi connectivity index (χ0v) is 16.4. The molecule has 0 radical (unpaired) electrons. The molecule has 0 aromatic heterocycles. The average Bonchev–Trinajstić information content (AvgIpc) is 3.10. The van der Waals surface area contributed by atoms with Crippen LogP contribution >= 0.6 is 0 Å². The van der Waals surface area contributed by atoms with E-state index in [1.165, 1.54) is 5.56 Å². The van der Waals surface area contributed by atoms with Gasteiger partial charge in [0.2, 0.25) is 0 Å². The molecule has 2 heterocycles. The number of nitrogens with zero attached hydrogens (tertiary/aromatic N) is 1. The third-order valence-electron chi connectivity index (χ3n) is 5.80. The number of hydrogen-bond donors (Lipinski definition) is 1. The minimum atomic E-state index is -0.147. The molecule has 1 amide bonds. The molecule has 5 heteroatoms. The highest BCUT2D eigenvalue weighted by Crippen LogP contribution is 2.35. The first-order chi connectivity index (χ1) is 13.7. The SMILES string of the molecule is COc1cccc(CN2CC[C@@]3(C[C@H](NC(=O)c4ccccc4)CCO3)C2)c1. The molecular weight excluding hydrogens is 352 g/mol. The molecule has 28 heavy (non-hydrogen) atoms. The van der Waals surface area contributed by atoms with E-state index in [1.807, 2.05) is 42.5 Å². The quantitative estimate of drug-likeness (QED) is 0.865. The largest absolute Gasteiger partial charge is 0.497 e. The number of benzene rings is 2. The van der Waals surface area contributed by atoms with Crippen LogP contribution in [0.25, 0.3) is 0 Å². The van der Waals surface area contributed by atoms with Crippen molar-refractivity contribution in [2.24, 2.45) is 0 Å². The highest BCUT2D eigenvalue weighted by atomic mass is 16.5. The van der Waals surface area contributed by atoms with Crippen molar-refractivity contribution in [2.75, 3.05) is 26.8 Å². The summed E-state index contributed by atoms with van der Waals surface area (Å²) in [5.41, 5.74) is 1.82. The predicted octanol–water partition coefficient (Wildman–Crippen LogP) is 3.25. The van der Waals surface area contributed by atoms with E-state index in [1.54, 1.807) is 7.11 Å². The van der Waals surface area contributed by atoms with Gasteiger partial charge in [-0.15, -0.1) is 0 Å². The Labute approximate surface area is 166 Å². The van der Waals surface area contributed by atoms with Crippen molar-refractivity contribution in [3.05, 3.63) is 65.7 Å². The molecule has 0 bridgehead atoms. The maximum Gasteiger partial charge on any atom is 0.251 e. The van der Waals surface area contributed by atoms with Crippen LogP contribution in [0.5, 0.6) is 5.75 Å². The number of likely N-dealkylation sites (tertiary alicyclic amines) is 1. The highest BCUT2D eigenvalue weighted by molar-refractivity contribution is 5.94. The van der Waals surface area contributed by atoms with E-state index in [0.29, 0.717) is 12.2 Å². The smallest absolute Gasteiger partial charge is 0.251 e. The summed E-state index contributed by atoms with van der Waals surface area (Å²) in [6.45, 7) is 3.51. The van der Waals surface area contributed by atoms with Gasteiger partial charge in [-0.05, 0) is 49.1 Å². The molecule has 2 aliphatic rings. The van der Waals surface area contributed by atoms with Gasteiger partial charge in [0.05, 0.1) is 12.7 Å². The molecule has 0 saturated carbocycles. The van der Waals surface area contributed by atoms with Crippen molar-refractivity contribution in [2.45, 2.75) is 37.5 Å². The number of amides is 1. The Morgan fingerprint density at radius 2 is 2.11 bits per heavy atom. The van der Waals surface area contributed by atoms with Crippen molar-refractivity contribution in [1.82, 2.24) is 10.2 Å². The van der Waals surface area contributed by atoms with Crippen LogP contribution in [0.3, 0.4) is 0 Å². The van der Waals surface area contributed by atoms with Crippen LogP contribution in [-0.2, 0) is 11.3 Å². The Hall–Kier alpha value is -2.37. The van der Waals surface area contributed by atoms with E-state index in [4.69, 9.17) is 9.47 Å². The number of nitrogens with one attached hydrogen (secondary N) is 1. The lowest BCUT2D eigenvalue weighted by molar-refractivity contribution is -0.0793. The fourth-order valence-corrected chi connectivity index (χ4v) is 4.39. The second-order valence-corrected chi connectivity index (χ2v) is 7.87. The van der Waals surface area contributed by atoms with E-state index < -0.39 is 0 Å². The molecule has 2 aliphatic heterocycles. The van der Waals surface area contributed by atoms with Crippen LogP contribution in [-0.4, -0.2) is 49.3 Å². The lowest BCUT2D eigenvalue weighted by atomic mass is 9.89. The molecule has 4 rings (SSSR count). The Morgan fingerprint density at radius 1 is 1.25 bits per heavy atom. The maximum atomic E-state index is 12.5. The summed E-state index contributed by atoms with van der Waals surface area (Å²) in [6.07, 6.45) is 2.76. The van der Waals surface area contributed by atoms with Gasteiger partial charge in [-0.2, -0.15) is 0 Å². The number of ether oxygens (including phenoxy) is 2. The lowest BCUT2D eigenvalue weighted by Gasteiger charge is -2.38. The number of carbonyl (C=O) groups is 1. The normalized spacial score (nSPS) is 25.0. The summed E-state index contributed by atoms with van der Waals surface area (Å²) >= 11 is 0. The maximum absolute atomic E-state index is 12.5. The predicted molar refractivity (Wildman–Crippen MR) is 109 cm³/mol. The van der Waals surface area contributed by atoms with Crippen LogP contribution in [0.4, 0.5) is 0 Å². The van der Waals surface area contributed by atoms with E-state index in [2.05, 4.69) is 22.3 Å². The summed E-state index contributed by atoms with van der Waals surface area (Å²) in [7, 11) is 1.70. The van der Waals surface area contributed by atoms with E-state index in [-0.39, 0.29) is 17.6 Å². The Balaban J connectivity index is 1.35. The third-order valence-corrected chi connectivity index (χ3v) is 5.80. The van der Waals surface area contributed by atoms with Crippen LogP contribution in [0.2, 0.25) is 0 Å². The molecule has 2 aromatic rings. The van der Waals surface area contributed by atoms with Gasteiger partial charge in [0.25, 0.3) is 5.91 Å². The zero-order chi connectivity index (χ0) is 19.4. The second-order valence-electron chi connectivity index (χ2n) is 7.87. The topological polar surface area (TPSA) is 50.8 Å². The summed E-state index contributed by atoms with van der Waals surface area (Å²) < 4.78 is 11.6. The van der Waals surface area contributed by atoms with Gasteiger partial charge >= 0.3 is 0 Å². The summed E-state index contributed by atoms with van der Waals surface area (Å²) in [5, 5.41) is 3.21. The summed E-state index contributed by atoms with van der Waals surface area (Å²) in [4.78, 5) is 14.9. The molecule has 0 aliphatic carbocycles. The third kappa shape index (κ3) is 4.37. The van der Waals surface area contributed by atoms with Gasteiger partial charge in [-0.1, -0.05) is 30.3 Å². The summed E-state index contributed by atoms with van der Waals surface area (Å²) in [6, 6.07) is 17.8. The van der Waals surface area contributed by atoms with Crippen molar-refractivity contribution >= 4 is 5.91 Å². The molecule has 2 fully saturated rings. The molecule has 5 nitrogen and oxygen atoms in total. The average molecular weight is 380 g/mol. The first-order valence-electron chi connectivity index (χ1n) is 10.0. The molecule has 148 valence electrons. The number of methoxy groups -OCH3 is 1. The van der Waals surface area contributed by atoms with Crippen molar-refractivity contribution in [3.8, 4) is 5.75 Å². The van der Waals surface area contributed by atoms with Crippen LogP contribution < -0.4 is 10.1 Å². The Bertz CT molecular complexity index is 811. The first kappa shape index (κ1) is 19.0. The van der Waals surface area contributed by atoms with E-state index >= 15 is 0 Å². The molecule has 1 N–H and O–H groups in total. The van der Waals surface area contributed by atoms with Crippen molar-refractivity contribution in [1.29, 1.82) is 0 Å². The molecule has 2 aromatic carbocycles. The van der Waals surface area contributed by atoms with Gasteiger partial charge in [0, 0.05) is 37.8 Å². The van der Waals surface area contributed by atoms with Crippen LogP contribution in [0.1, 0.15) is 35.2 Å². The second kappa shape index (κ2) is 8.33. The molecular formula is C23H28N2O3. The lowest BCUT2D eigenvalue weighted by Crippen LogP contribution is -2.49. The monoisotopic (exact) mass is 380 g/mol. The fourth-order valence-electron chi connectivity index (χ4n) is 4.39. The number of hydrogen-bond acceptors (Lipinski definition) is 4. The zero-order valence-electron chi connectivity index (χ0n) is 16.4. The molecule has 2 atom stereocenters. The van der Waals surface area contributed by atoms with Gasteiger partial charge in [-0.25, -0.2) is 0 Å². The fraction of sp³-hybridized carbons (Fsp3) is 0.435. The minimum absolute atomic E-state index is 0.00823. The van der Waals surface area contributed by atoms with Gasteiger partial charge in [-0.3, -0.25) is 9.69 Å². The van der Waals surface area contributed by atoms with Crippen LogP contribution in [0, 0.1) is 0 Å². The van der Waals surface area contributed by atoms with E-state index in [9.17, 15) is 4.79 Å². The Kier molecular flexibility index (Phi) is 5.64. The van der Waals surface area contributed by atoms with Crippen molar-refractivity contribution < 1.29 is 14.3 Å². The Morgan fingerprint density at radius 3 is 2.93 bits per heavy atom. The standard InChI is InChI=1S/C23H28N2O3/c1-27-21-9-5-6-18(14-21)16-25-12-11-23(17-25)15-20(10-13-28-23)24-22(26)19-7-3-2-4-8-19/h2-9,14,20H,10-13,15-17H2,1H3,(H,24,26)/t20-,23-/m1/s1. The first-order valence-corrected chi connectivity index (χ1v) is 10.0. The molecule has 1 spiro atoms. The van der Waals surface area contributed by atoms with E-state index in [0.717, 1.165) is 44.6 Å². The van der Waals surface area contributed by atoms with Gasteiger partial charge in [0.15, 0.2) is 0 Å². The molecule has 2 saturated heterocycles.